The highest BCUT2D eigenvalue weighted by atomic mass is 32.2. The van der Waals surface area contributed by atoms with Crippen LogP contribution in [0.5, 0.6) is 0 Å². The van der Waals surface area contributed by atoms with Gasteiger partial charge >= 0.3 is 5.97 Å². The Hall–Kier alpha value is -0.660. The second-order valence-electron chi connectivity index (χ2n) is 3.74. The minimum atomic E-state index is -4.02. The van der Waals surface area contributed by atoms with Crippen LogP contribution in [0.15, 0.2) is 0 Å². The van der Waals surface area contributed by atoms with Gasteiger partial charge in [-0.25, -0.2) is 0 Å². The van der Waals surface area contributed by atoms with Crippen LogP contribution in [0, 0.1) is 5.41 Å². The molecule has 0 heterocycles. The van der Waals surface area contributed by atoms with E-state index in [1.807, 2.05) is 6.92 Å². The first-order valence-electron chi connectivity index (χ1n) is 4.86. The summed E-state index contributed by atoms with van der Waals surface area (Å²) in [6.07, 6.45) is 0.519. The Morgan fingerprint density at radius 3 is 2.38 bits per heavy atom. The van der Waals surface area contributed by atoms with Crippen molar-refractivity contribution in [2.45, 2.75) is 20.3 Å². The highest BCUT2D eigenvalue weighted by Gasteiger charge is 2.32. The molecule has 0 bridgehead atoms. The van der Waals surface area contributed by atoms with Gasteiger partial charge in [-0.3, -0.25) is 9.35 Å². The Morgan fingerprint density at radius 2 is 2.00 bits per heavy atom. The van der Waals surface area contributed by atoms with Crippen LogP contribution in [-0.2, 0) is 24.4 Å². The molecule has 0 spiro atoms. The van der Waals surface area contributed by atoms with Gasteiger partial charge in [0, 0.05) is 0 Å². The van der Waals surface area contributed by atoms with E-state index >= 15 is 0 Å². The third-order valence-electron chi connectivity index (χ3n) is 2.36. The van der Waals surface area contributed by atoms with E-state index in [1.54, 1.807) is 6.92 Å². The van der Waals surface area contributed by atoms with E-state index in [0.29, 0.717) is 6.42 Å². The van der Waals surface area contributed by atoms with E-state index in [9.17, 15) is 13.2 Å². The molecule has 16 heavy (non-hydrogen) atoms. The Bertz CT molecular complexity index is 323. The standard InChI is InChI=1S/C9H18O6S/c1-4-9(2,8(10)14-3)7-15-5-6-16(11,12)13/h4-7H2,1-3H3,(H,11,12,13). The summed E-state index contributed by atoms with van der Waals surface area (Å²) in [5.41, 5.74) is -0.784. The molecule has 0 aromatic heterocycles. The number of esters is 1. The second kappa shape index (κ2) is 6.17. The topological polar surface area (TPSA) is 89.9 Å². The van der Waals surface area contributed by atoms with Gasteiger partial charge in [-0.15, -0.1) is 0 Å². The highest BCUT2D eigenvalue weighted by Crippen LogP contribution is 2.23. The van der Waals surface area contributed by atoms with Crippen molar-refractivity contribution in [3.05, 3.63) is 0 Å². The molecule has 0 fully saturated rings. The minimum Gasteiger partial charge on any atom is -0.469 e. The number of carbonyl (C=O) groups excluding carboxylic acids is 1. The summed E-state index contributed by atoms with van der Waals surface area (Å²) in [6, 6.07) is 0. The summed E-state index contributed by atoms with van der Waals surface area (Å²) in [7, 11) is -2.73. The van der Waals surface area contributed by atoms with Gasteiger partial charge in [0.1, 0.15) is 0 Å². The molecular formula is C9H18O6S. The first-order valence-corrected chi connectivity index (χ1v) is 6.47. The van der Waals surface area contributed by atoms with Gasteiger partial charge in [-0.2, -0.15) is 8.42 Å². The first kappa shape index (κ1) is 15.3. The average Bonchev–Trinajstić information content (AvgIpc) is 2.21. The van der Waals surface area contributed by atoms with Crippen molar-refractivity contribution in [1.29, 1.82) is 0 Å². The van der Waals surface area contributed by atoms with Crippen molar-refractivity contribution in [1.82, 2.24) is 0 Å². The first-order chi connectivity index (χ1) is 7.25. The van der Waals surface area contributed by atoms with Gasteiger partial charge in [-0.1, -0.05) is 6.92 Å². The molecule has 0 amide bonds. The van der Waals surface area contributed by atoms with E-state index in [4.69, 9.17) is 9.29 Å². The molecule has 0 rings (SSSR count). The number of hydrogen-bond donors (Lipinski definition) is 1. The molecule has 1 unspecified atom stereocenters. The summed E-state index contributed by atoms with van der Waals surface area (Å²) >= 11 is 0. The van der Waals surface area contributed by atoms with Crippen LogP contribution in [0.2, 0.25) is 0 Å². The zero-order chi connectivity index (χ0) is 12.8. The van der Waals surface area contributed by atoms with Gasteiger partial charge in [0.2, 0.25) is 0 Å². The van der Waals surface area contributed by atoms with Gasteiger partial charge in [0.25, 0.3) is 10.1 Å². The smallest absolute Gasteiger partial charge is 0.313 e. The molecule has 0 saturated carbocycles. The lowest BCUT2D eigenvalue weighted by molar-refractivity contribution is -0.155. The van der Waals surface area contributed by atoms with Crippen LogP contribution in [-0.4, -0.2) is 45.0 Å². The number of carbonyl (C=O) groups is 1. The number of rotatable bonds is 7. The van der Waals surface area contributed by atoms with Crippen LogP contribution in [0.3, 0.4) is 0 Å². The maximum absolute atomic E-state index is 11.4. The molecule has 96 valence electrons. The van der Waals surface area contributed by atoms with Crippen LogP contribution < -0.4 is 0 Å². The molecule has 0 aromatic rings. The molecule has 6 nitrogen and oxygen atoms in total. The van der Waals surface area contributed by atoms with Gasteiger partial charge in [0.15, 0.2) is 0 Å². The van der Waals surface area contributed by atoms with Gasteiger partial charge in [0.05, 0.1) is 31.5 Å². The van der Waals surface area contributed by atoms with Crippen LogP contribution in [0.1, 0.15) is 20.3 Å². The van der Waals surface area contributed by atoms with Gasteiger partial charge < -0.3 is 9.47 Å². The zero-order valence-electron chi connectivity index (χ0n) is 9.73. The van der Waals surface area contributed by atoms with Crippen LogP contribution in [0.4, 0.5) is 0 Å². The normalized spacial score (nSPS) is 15.5. The van der Waals surface area contributed by atoms with Crippen molar-refractivity contribution in [3.8, 4) is 0 Å². The van der Waals surface area contributed by atoms with Crippen molar-refractivity contribution in [2.75, 3.05) is 26.1 Å². The lowest BCUT2D eigenvalue weighted by Gasteiger charge is -2.24. The Labute approximate surface area is 95.7 Å². The maximum atomic E-state index is 11.4. The second-order valence-corrected chi connectivity index (χ2v) is 5.32. The summed E-state index contributed by atoms with van der Waals surface area (Å²) in [5, 5.41) is 0. The van der Waals surface area contributed by atoms with Crippen LogP contribution >= 0.6 is 0 Å². The molecule has 7 heteroatoms. The van der Waals surface area contributed by atoms with E-state index in [-0.39, 0.29) is 13.2 Å². The van der Waals surface area contributed by atoms with Crippen molar-refractivity contribution in [2.24, 2.45) is 5.41 Å². The molecular weight excluding hydrogens is 236 g/mol. The molecule has 1 atom stereocenters. The van der Waals surface area contributed by atoms with Crippen molar-refractivity contribution >= 4 is 16.1 Å². The van der Waals surface area contributed by atoms with E-state index in [2.05, 4.69) is 4.74 Å². The Balaban J connectivity index is 4.11. The number of ether oxygens (including phenoxy) is 2. The predicted octanol–water partition coefficient (Wildman–Crippen LogP) is 0.480. The molecule has 0 saturated heterocycles. The minimum absolute atomic E-state index is 0.0612. The third kappa shape index (κ3) is 5.43. The molecule has 0 aromatic carbocycles. The lowest BCUT2D eigenvalue weighted by atomic mass is 9.89. The highest BCUT2D eigenvalue weighted by molar-refractivity contribution is 7.85. The monoisotopic (exact) mass is 254 g/mol. The molecule has 0 aliphatic rings. The Morgan fingerprint density at radius 1 is 1.44 bits per heavy atom. The summed E-state index contributed by atoms with van der Waals surface area (Å²) < 4.78 is 38.9. The van der Waals surface area contributed by atoms with Crippen molar-refractivity contribution < 1.29 is 27.2 Å². The number of methoxy groups -OCH3 is 1. The van der Waals surface area contributed by atoms with E-state index < -0.39 is 27.3 Å². The van der Waals surface area contributed by atoms with Crippen molar-refractivity contribution in [3.63, 3.8) is 0 Å². The number of hydrogen-bond acceptors (Lipinski definition) is 5. The predicted molar refractivity (Wildman–Crippen MR) is 57.6 cm³/mol. The third-order valence-corrected chi connectivity index (χ3v) is 3.05. The molecule has 0 aliphatic carbocycles. The molecule has 1 N–H and O–H groups in total. The fourth-order valence-corrected chi connectivity index (χ4v) is 1.34. The van der Waals surface area contributed by atoms with Gasteiger partial charge in [-0.05, 0) is 13.3 Å². The molecule has 0 aliphatic heterocycles. The fourth-order valence-electron chi connectivity index (χ4n) is 1.01. The summed E-state index contributed by atoms with van der Waals surface area (Å²) in [5.74, 6) is -0.879. The lowest BCUT2D eigenvalue weighted by Crippen LogP contribution is -2.34. The fraction of sp³-hybridized carbons (Fsp3) is 0.889. The van der Waals surface area contributed by atoms with E-state index in [1.165, 1.54) is 7.11 Å². The zero-order valence-corrected chi connectivity index (χ0v) is 10.5. The molecule has 0 radical (unpaired) electrons. The quantitative estimate of drug-likeness (QED) is 0.404. The largest absolute Gasteiger partial charge is 0.469 e. The summed E-state index contributed by atoms with van der Waals surface area (Å²) in [4.78, 5) is 11.4. The maximum Gasteiger partial charge on any atom is 0.313 e. The van der Waals surface area contributed by atoms with Crippen LogP contribution in [0.25, 0.3) is 0 Å². The Kier molecular flexibility index (Phi) is 5.91. The summed E-state index contributed by atoms with van der Waals surface area (Å²) in [6.45, 7) is 3.40. The SMILES string of the molecule is CCC(C)(COCCS(=O)(=O)O)C(=O)OC. The van der Waals surface area contributed by atoms with E-state index in [0.717, 1.165) is 0 Å². The average molecular weight is 254 g/mol.